The van der Waals surface area contributed by atoms with Crippen LogP contribution in [0.25, 0.3) is 10.8 Å². The molecule has 4 nitrogen and oxygen atoms in total. The lowest BCUT2D eigenvalue weighted by molar-refractivity contribution is -0.126. The highest BCUT2D eigenvalue weighted by molar-refractivity contribution is 6.01. The van der Waals surface area contributed by atoms with Crippen LogP contribution in [0.3, 0.4) is 0 Å². The van der Waals surface area contributed by atoms with Crippen molar-refractivity contribution in [3.63, 3.8) is 0 Å². The normalized spacial score (nSPS) is 16.0. The van der Waals surface area contributed by atoms with Crippen molar-refractivity contribution in [1.29, 1.82) is 0 Å². The van der Waals surface area contributed by atoms with Crippen molar-refractivity contribution in [2.24, 2.45) is 0 Å². The zero-order valence-electron chi connectivity index (χ0n) is 14.0. The SMILES string of the molecule is O=C1CC(C(=O)NCc2cccc3ccccc23)c2ccc(F)cc2N1. The predicted molar refractivity (Wildman–Crippen MR) is 98.2 cm³/mol. The van der Waals surface area contributed by atoms with Crippen molar-refractivity contribution in [1.82, 2.24) is 5.32 Å². The third kappa shape index (κ3) is 3.04. The number of halogens is 1. The van der Waals surface area contributed by atoms with Gasteiger partial charge in [-0.25, -0.2) is 4.39 Å². The van der Waals surface area contributed by atoms with Crippen molar-refractivity contribution >= 4 is 28.3 Å². The Hall–Kier alpha value is -3.21. The van der Waals surface area contributed by atoms with E-state index in [0.717, 1.165) is 16.3 Å². The van der Waals surface area contributed by atoms with Crippen LogP contribution >= 0.6 is 0 Å². The number of rotatable bonds is 3. The molecule has 1 aliphatic heterocycles. The molecule has 3 aromatic carbocycles. The Balaban J connectivity index is 1.56. The zero-order valence-corrected chi connectivity index (χ0v) is 14.0. The van der Waals surface area contributed by atoms with Crippen LogP contribution in [0.5, 0.6) is 0 Å². The van der Waals surface area contributed by atoms with Crippen LogP contribution in [0.4, 0.5) is 10.1 Å². The largest absolute Gasteiger partial charge is 0.351 e. The van der Waals surface area contributed by atoms with E-state index in [4.69, 9.17) is 0 Å². The highest BCUT2D eigenvalue weighted by atomic mass is 19.1. The molecule has 26 heavy (non-hydrogen) atoms. The van der Waals surface area contributed by atoms with Gasteiger partial charge in [-0.1, -0.05) is 48.5 Å². The van der Waals surface area contributed by atoms with Crippen LogP contribution in [0.15, 0.2) is 60.7 Å². The van der Waals surface area contributed by atoms with Crippen molar-refractivity contribution in [3.8, 4) is 0 Å². The third-order valence-corrected chi connectivity index (χ3v) is 4.70. The van der Waals surface area contributed by atoms with Crippen molar-refractivity contribution < 1.29 is 14.0 Å². The van der Waals surface area contributed by atoms with Gasteiger partial charge in [0.05, 0.1) is 5.92 Å². The number of benzene rings is 3. The number of amides is 2. The number of carbonyl (C=O) groups is 2. The average molecular weight is 348 g/mol. The van der Waals surface area contributed by atoms with E-state index in [-0.39, 0.29) is 18.2 Å². The zero-order chi connectivity index (χ0) is 18.1. The topological polar surface area (TPSA) is 58.2 Å². The Labute approximate surface area is 150 Å². The van der Waals surface area contributed by atoms with E-state index in [9.17, 15) is 14.0 Å². The molecule has 2 amide bonds. The van der Waals surface area contributed by atoms with Crippen LogP contribution < -0.4 is 10.6 Å². The van der Waals surface area contributed by atoms with E-state index in [1.807, 2.05) is 42.5 Å². The summed E-state index contributed by atoms with van der Waals surface area (Å²) in [4.78, 5) is 24.6. The Morgan fingerprint density at radius 3 is 2.81 bits per heavy atom. The fraction of sp³-hybridized carbons (Fsp3) is 0.143. The molecule has 5 heteroatoms. The molecule has 0 bridgehead atoms. The van der Waals surface area contributed by atoms with Crippen molar-refractivity contribution in [3.05, 3.63) is 77.6 Å². The van der Waals surface area contributed by atoms with E-state index < -0.39 is 11.7 Å². The molecule has 4 rings (SSSR count). The molecule has 0 saturated carbocycles. The first-order valence-electron chi connectivity index (χ1n) is 8.45. The minimum Gasteiger partial charge on any atom is -0.351 e. The summed E-state index contributed by atoms with van der Waals surface area (Å²) in [7, 11) is 0. The molecule has 1 aliphatic rings. The maximum atomic E-state index is 13.4. The molecule has 0 aromatic heterocycles. The molecule has 0 fully saturated rings. The standard InChI is InChI=1S/C21H17FN2O2/c22-15-8-9-17-18(11-20(25)24-19(17)10-15)21(26)23-12-14-6-3-5-13-4-1-2-7-16(13)14/h1-10,18H,11-12H2,(H,23,26)(H,24,25). The monoisotopic (exact) mass is 348 g/mol. The summed E-state index contributed by atoms with van der Waals surface area (Å²) < 4.78 is 13.4. The summed E-state index contributed by atoms with van der Waals surface area (Å²) in [5.74, 6) is -1.58. The van der Waals surface area contributed by atoms with Crippen LogP contribution in [0, 0.1) is 5.82 Å². The third-order valence-electron chi connectivity index (χ3n) is 4.70. The summed E-state index contributed by atoms with van der Waals surface area (Å²) in [6.07, 6.45) is 0.0556. The number of carbonyl (C=O) groups excluding carboxylic acids is 2. The Morgan fingerprint density at radius 1 is 1.12 bits per heavy atom. The fourth-order valence-electron chi connectivity index (χ4n) is 3.42. The number of hydrogen-bond donors (Lipinski definition) is 2. The smallest absolute Gasteiger partial charge is 0.228 e. The molecular formula is C21H17FN2O2. The molecule has 0 spiro atoms. The molecule has 0 aliphatic carbocycles. The molecule has 130 valence electrons. The lowest BCUT2D eigenvalue weighted by atomic mass is 9.89. The van der Waals surface area contributed by atoms with E-state index in [1.54, 1.807) is 6.07 Å². The van der Waals surface area contributed by atoms with Gasteiger partial charge in [0.2, 0.25) is 11.8 Å². The Morgan fingerprint density at radius 2 is 1.92 bits per heavy atom. The van der Waals surface area contributed by atoms with Crippen LogP contribution in [-0.2, 0) is 16.1 Å². The first-order chi connectivity index (χ1) is 12.6. The fourth-order valence-corrected chi connectivity index (χ4v) is 3.42. The number of fused-ring (bicyclic) bond motifs is 2. The molecular weight excluding hydrogens is 331 g/mol. The van der Waals surface area contributed by atoms with Gasteiger partial charge in [0.25, 0.3) is 0 Å². The summed E-state index contributed by atoms with van der Waals surface area (Å²) in [6.45, 7) is 0.370. The average Bonchev–Trinajstić information content (AvgIpc) is 2.65. The van der Waals surface area contributed by atoms with Crippen molar-refractivity contribution in [2.45, 2.75) is 18.9 Å². The van der Waals surface area contributed by atoms with Crippen LogP contribution in [-0.4, -0.2) is 11.8 Å². The van der Waals surface area contributed by atoms with E-state index in [1.165, 1.54) is 12.1 Å². The molecule has 1 atom stereocenters. The second-order valence-corrected chi connectivity index (χ2v) is 6.39. The molecule has 1 heterocycles. The lowest BCUT2D eigenvalue weighted by Gasteiger charge is -2.25. The van der Waals surface area contributed by atoms with E-state index in [2.05, 4.69) is 10.6 Å². The van der Waals surface area contributed by atoms with Gasteiger partial charge in [-0.3, -0.25) is 9.59 Å². The van der Waals surface area contributed by atoms with Gasteiger partial charge in [0.1, 0.15) is 5.82 Å². The Kier molecular flexibility index (Phi) is 4.13. The Bertz CT molecular complexity index is 1010. The maximum absolute atomic E-state index is 13.4. The quantitative estimate of drug-likeness (QED) is 0.758. The summed E-state index contributed by atoms with van der Waals surface area (Å²) in [6, 6.07) is 18.0. The van der Waals surface area contributed by atoms with Gasteiger partial charge in [-0.2, -0.15) is 0 Å². The van der Waals surface area contributed by atoms with Crippen molar-refractivity contribution in [2.75, 3.05) is 5.32 Å². The van der Waals surface area contributed by atoms with Gasteiger partial charge in [0.15, 0.2) is 0 Å². The minimum atomic E-state index is -0.616. The molecule has 2 N–H and O–H groups in total. The summed E-state index contributed by atoms with van der Waals surface area (Å²) >= 11 is 0. The summed E-state index contributed by atoms with van der Waals surface area (Å²) in [5.41, 5.74) is 2.02. The summed E-state index contributed by atoms with van der Waals surface area (Å²) in [5, 5.41) is 7.74. The number of hydrogen-bond acceptors (Lipinski definition) is 2. The van der Waals surface area contributed by atoms with E-state index >= 15 is 0 Å². The van der Waals surface area contributed by atoms with Crippen LogP contribution in [0.1, 0.15) is 23.5 Å². The lowest BCUT2D eigenvalue weighted by Crippen LogP contribution is -2.34. The van der Waals surface area contributed by atoms with Gasteiger partial charge in [-0.05, 0) is 34.0 Å². The minimum absolute atomic E-state index is 0.0556. The molecule has 0 radical (unpaired) electrons. The first-order valence-corrected chi connectivity index (χ1v) is 8.45. The molecule has 1 unspecified atom stereocenters. The second-order valence-electron chi connectivity index (χ2n) is 6.39. The van der Waals surface area contributed by atoms with E-state index in [0.29, 0.717) is 17.8 Å². The highest BCUT2D eigenvalue weighted by Crippen LogP contribution is 2.33. The number of nitrogens with one attached hydrogen (secondary N) is 2. The van der Waals surface area contributed by atoms with Gasteiger partial charge >= 0.3 is 0 Å². The maximum Gasteiger partial charge on any atom is 0.228 e. The first kappa shape index (κ1) is 16.3. The van der Waals surface area contributed by atoms with Gasteiger partial charge in [-0.15, -0.1) is 0 Å². The van der Waals surface area contributed by atoms with Gasteiger partial charge in [0, 0.05) is 18.7 Å². The van der Waals surface area contributed by atoms with Crippen LogP contribution in [0.2, 0.25) is 0 Å². The van der Waals surface area contributed by atoms with Gasteiger partial charge < -0.3 is 10.6 Å². The molecule has 0 saturated heterocycles. The highest BCUT2D eigenvalue weighted by Gasteiger charge is 2.30. The predicted octanol–water partition coefficient (Wildman–Crippen LogP) is 3.72. The second kappa shape index (κ2) is 6.59. The number of anilines is 1. The molecule has 3 aromatic rings.